The maximum atomic E-state index is 5.26. The molecule has 1 aromatic heterocycles. The summed E-state index contributed by atoms with van der Waals surface area (Å²) < 4.78 is 10.5. The molecule has 0 atom stereocenters. The molecule has 62 valence electrons. The summed E-state index contributed by atoms with van der Waals surface area (Å²) in [5, 5.41) is 0.969. The van der Waals surface area contributed by atoms with Crippen molar-refractivity contribution in [2.24, 2.45) is 0 Å². The van der Waals surface area contributed by atoms with Crippen LogP contribution in [0.15, 0.2) is 24.7 Å². The highest BCUT2D eigenvalue weighted by atomic mass is 28.3. The molecule has 0 unspecified atom stereocenters. The highest BCUT2D eigenvalue weighted by Crippen LogP contribution is 2.34. The molecule has 2 radical (unpaired) electrons. The minimum absolute atomic E-state index is 0.0659. The van der Waals surface area contributed by atoms with Crippen LogP contribution < -0.4 is 8.85 Å². The molecule has 4 nitrogen and oxygen atoms in total. The third-order valence-corrected chi connectivity index (χ3v) is 2.48. The van der Waals surface area contributed by atoms with Crippen LogP contribution in [0.25, 0.3) is 10.9 Å². The highest BCUT2D eigenvalue weighted by Gasteiger charge is 2.17. The van der Waals surface area contributed by atoms with Gasteiger partial charge in [-0.2, -0.15) is 0 Å². The van der Waals surface area contributed by atoms with E-state index in [1.807, 2.05) is 12.1 Å². The Morgan fingerprint density at radius 3 is 2.92 bits per heavy atom. The molecule has 1 aromatic carbocycles. The average Bonchev–Trinajstić information content (AvgIpc) is 2.61. The van der Waals surface area contributed by atoms with Gasteiger partial charge < -0.3 is 8.85 Å². The van der Waals surface area contributed by atoms with E-state index in [1.165, 1.54) is 6.33 Å². The molecule has 2 aromatic rings. The Balaban J connectivity index is 2.36. The number of hydrogen-bond acceptors (Lipinski definition) is 4. The number of benzene rings is 1. The van der Waals surface area contributed by atoms with Gasteiger partial charge in [0.15, 0.2) is 0 Å². The standard InChI is InChI=1S/C8H4N2O2Si/c1-5-3-9-4-10-6(5)2-8-7(1)11-13-12-8/h1-4H. The second kappa shape index (κ2) is 2.43. The monoisotopic (exact) mass is 188 g/mol. The van der Waals surface area contributed by atoms with E-state index in [0.717, 1.165) is 22.4 Å². The molecule has 0 saturated carbocycles. The van der Waals surface area contributed by atoms with Crippen molar-refractivity contribution in [3.8, 4) is 11.5 Å². The molecule has 1 aliphatic rings. The fourth-order valence-electron chi connectivity index (χ4n) is 1.26. The molecule has 0 amide bonds. The Bertz CT molecular complexity index is 432. The van der Waals surface area contributed by atoms with Crippen LogP contribution in [0, 0.1) is 0 Å². The van der Waals surface area contributed by atoms with Gasteiger partial charge in [0.05, 0.1) is 5.52 Å². The SMILES string of the molecule is c1ncc2cc3c(cc2n1)O[Si]O3. The molecule has 0 fully saturated rings. The Labute approximate surface area is 76.6 Å². The van der Waals surface area contributed by atoms with E-state index < -0.39 is 0 Å². The van der Waals surface area contributed by atoms with Gasteiger partial charge in [-0.15, -0.1) is 0 Å². The summed E-state index contributed by atoms with van der Waals surface area (Å²) in [5.74, 6) is 1.55. The molecule has 0 bridgehead atoms. The first-order valence-electron chi connectivity index (χ1n) is 3.76. The van der Waals surface area contributed by atoms with Crippen LogP contribution in [0.2, 0.25) is 0 Å². The van der Waals surface area contributed by atoms with Crippen molar-refractivity contribution in [1.82, 2.24) is 9.97 Å². The third kappa shape index (κ3) is 0.972. The third-order valence-electron chi connectivity index (χ3n) is 1.87. The molecule has 0 aliphatic carbocycles. The molecule has 3 rings (SSSR count). The van der Waals surface area contributed by atoms with Crippen LogP contribution in [0.1, 0.15) is 0 Å². The normalized spacial score (nSPS) is 13.5. The van der Waals surface area contributed by atoms with E-state index in [9.17, 15) is 0 Å². The van der Waals surface area contributed by atoms with E-state index in [0.29, 0.717) is 0 Å². The maximum absolute atomic E-state index is 5.26. The maximum Gasteiger partial charge on any atom is 0.610 e. The number of aromatic nitrogens is 2. The minimum Gasteiger partial charge on any atom is -0.505 e. The Morgan fingerprint density at radius 2 is 2.00 bits per heavy atom. The average molecular weight is 188 g/mol. The number of nitrogens with zero attached hydrogens (tertiary/aromatic N) is 2. The van der Waals surface area contributed by atoms with Crippen LogP contribution >= 0.6 is 0 Å². The molecule has 5 heteroatoms. The highest BCUT2D eigenvalue weighted by molar-refractivity contribution is 6.23. The molecule has 1 aliphatic heterocycles. The van der Waals surface area contributed by atoms with E-state index in [4.69, 9.17) is 8.85 Å². The summed E-state index contributed by atoms with van der Waals surface area (Å²) in [5.41, 5.74) is 0.879. The van der Waals surface area contributed by atoms with Gasteiger partial charge in [0, 0.05) is 17.6 Å². The number of rotatable bonds is 0. The first kappa shape index (κ1) is 6.85. The molecule has 2 heterocycles. The van der Waals surface area contributed by atoms with Gasteiger partial charge in [0.1, 0.15) is 17.8 Å². The van der Waals surface area contributed by atoms with Gasteiger partial charge in [0.2, 0.25) is 0 Å². The van der Waals surface area contributed by atoms with Gasteiger partial charge in [-0.3, -0.25) is 0 Å². The zero-order valence-corrected chi connectivity index (χ0v) is 7.52. The predicted molar refractivity (Wildman–Crippen MR) is 46.5 cm³/mol. The van der Waals surface area contributed by atoms with Crippen LogP contribution in [0.5, 0.6) is 11.5 Å². The van der Waals surface area contributed by atoms with Gasteiger partial charge in [-0.1, -0.05) is 0 Å². The van der Waals surface area contributed by atoms with Crippen LogP contribution in [0.3, 0.4) is 0 Å². The van der Waals surface area contributed by atoms with Crippen molar-refractivity contribution >= 4 is 20.9 Å². The van der Waals surface area contributed by atoms with E-state index >= 15 is 0 Å². The van der Waals surface area contributed by atoms with Crippen molar-refractivity contribution < 1.29 is 8.85 Å². The number of hydrogen-bond donors (Lipinski definition) is 0. The molecular formula is C8H4N2O2Si. The summed E-state index contributed by atoms with van der Waals surface area (Å²) >= 11 is 0. The molecule has 0 N–H and O–H groups in total. The smallest absolute Gasteiger partial charge is 0.505 e. The summed E-state index contributed by atoms with van der Waals surface area (Å²) in [4.78, 5) is 8.05. The van der Waals surface area contributed by atoms with Crippen LogP contribution in [0.4, 0.5) is 0 Å². The summed E-state index contributed by atoms with van der Waals surface area (Å²) in [6.07, 6.45) is 3.28. The zero-order valence-electron chi connectivity index (χ0n) is 6.52. The van der Waals surface area contributed by atoms with Crippen molar-refractivity contribution in [2.75, 3.05) is 0 Å². The number of fused-ring (bicyclic) bond motifs is 2. The van der Waals surface area contributed by atoms with Gasteiger partial charge >= 0.3 is 10.0 Å². The second-order valence-electron chi connectivity index (χ2n) is 2.67. The van der Waals surface area contributed by atoms with Crippen molar-refractivity contribution in [3.63, 3.8) is 0 Å². The van der Waals surface area contributed by atoms with E-state index in [1.54, 1.807) is 6.20 Å². The Kier molecular flexibility index (Phi) is 1.28. The molecular weight excluding hydrogens is 184 g/mol. The molecule has 0 saturated heterocycles. The van der Waals surface area contributed by atoms with E-state index in [-0.39, 0.29) is 10.0 Å². The van der Waals surface area contributed by atoms with Crippen molar-refractivity contribution in [3.05, 3.63) is 24.7 Å². The zero-order chi connectivity index (χ0) is 8.67. The largest absolute Gasteiger partial charge is 0.610 e. The van der Waals surface area contributed by atoms with Gasteiger partial charge in [-0.25, -0.2) is 9.97 Å². The quantitative estimate of drug-likeness (QED) is 0.577. The summed E-state index contributed by atoms with van der Waals surface area (Å²) in [6, 6.07) is 3.76. The van der Waals surface area contributed by atoms with Crippen LogP contribution in [-0.2, 0) is 0 Å². The summed E-state index contributed by atoms with van der Waals surface area (Å²) in [6.45, 7) is 0. The lowest BCUT2D eigenvalue weighted by Crippen LogP contribution is -1.99. The first-order valence-corrected chi connectivity index (χ1v) is 4.57. The fraction of sp³-hybridized carbons (Fsp3) is 0. The fourth-order valence-corrected chi connectivity index (χ4v) is 1.80. The summed E-state index contributed by atoms with van der Waals surface area (Å²) in [7, 11) is 0.0659. The van der Waals surface area contributed by atoms with Crippen molar-refractivity contribution in [2.45, 2.75) is 0 Å². The van der Waals surface area contributed by atoms with Crippen LogP contribution in [-0.4, -0.2) is 20.0 Å². The lowest BCUT2D eigenvalue weighted by Gasteiger charge is -1.99. The van der Waals surface area contributed by atoms with Gasteiger partial charge in [0.25, 0.3) is 0 Å². The lowest BCUT2D eigenvalue weighted by atomic mass is 10.2. The van der Waals surface area contributed by atoms with E-state index in [2.05, 4.69) is 9.97 Å². The minimum atomic E-state index is 0.0659. The molecule has 0 spiro atoms. The van der Waals surface area contributed by atoms with Crippen molar-refractivity contribution in [1.29, 1.82) is 0 Å². The second-order valence-corrected chi connectivity index (χ2v) is 3.24. The topological polar surface area (TPSA) is 44.2 Å². The lowest BCUT2D eigenvalue weighted by molar-refractivity contribution is 0.541. The first-order chi connectivity index (χ1) is 6.43. The van der Waals surface area contributed by atoms with Gasteiger partial charge in [-0.05, 0) is 6.07 Å². The Morgan fingerprint density at radius 1 is 1.15 bits per heavy atom. The molecule has 13 heavy (non-hydrogen) atoms. The Hall–Kier alpha value is -1.62. The predicted octanol–water partition coefficient (Wildman–Crippen LogP) is 0.935.